The van der Waals surface area contributed by atoms with Crippen LogP contribution in [0.25, 0.3) is 0 Å². The van der Waals surface area contributed by atoms with Gasteiger partial charge in [0.2, 0.25) is 0 Å². The molecule has 82 valence electrons. The third-order valence-corrected chi connectivity index (χ3v) is 2.55. The van der Waals surface area contributed by atoms with Gasteiger partial charge in [0.1, 0.15) is 0 Å². The predicted octanol–water partition coefficient (Wildman–Crippen LogP) is 2.31. The van der Waals surface area contributed by atoms with Gasteiger partial charge in [0.05, 0.1) is 12.2 Å². The lowest BCUT2D eigenvalue weighted by molar-refractivity contribution is 0.0526. The second-order valence-electron chi connectivity index (χ2n) is 3.07. The molecule has 2 N–H and O–H groups in total. The van der Waals surface area contributed by atoms with Gasteiger partial charge in [0, 0.05) is 11.4 Å². The highest BCUT2D eigenvalue weighted by Crippen LogP contribution is 2.19. The Morgan fingerprint density at radius 2 is 2.27 bits per heavy atom. The molecule has 0 saturated carbocycles. The first-order chi connectivity index (χ1) is 7.19. The van der Waals surface area contributed by atoms with E-state index in [1.165, 1.54) is 0 Å². The molecule has 1 aromatic rings. The molecule has 0 aliphatic carbocycles. The van der Waals surface area contributed by atoms with Crippen molar-refractivity contribution < 1.29 is 9.53 Å². The third-order valence-electron chi connectivity index (χ3n) is 1.95. The average molecular weight is 225 g/mol. The Labute approximate surface area is 94.0 Å². The van der Waals surface area contributed by atoms with Gasteiger partial charge in [-0.25, -0.2) is 4.79 Å². The van der Waals surface area contributed by atoms with Gasteiger partial charge in [-0.3, -0.25) is 0 Å². The van der Waals surface area contributed by atoms with Crippen LogP contribution < -0.4 is 5.73 Å². The van der Waals surface area contributed by atoms with Crippen molar-refractivity contribution in [2.24, 2.45) is 0 Å². The monoisotopic (exact) mass is 225 g/mol. The van der Waals surface area contributed by atoms with Gasteiger partial charge >= 0.3 is 5.97 Å². The Morgan fingerprint density at radius 3 is 2.87 bits per heavy atom. The molecule has 0 amide bonds. The average Bonchev–Trinajstić information content (AvgIpc) is 2.22. The summed E-state index contributed by atoms with van der Waals surface area (Å²) in [5.74, 6) is 0.513. The molecule has 0 radical (unpaired) electrons. The molecule has 0 unspecified atom stereocenters. The second-order valence-corrected chi connectivity index (χ2v) is 3.93. The largest absolute Gasteiger partial charge is 0.462 e. The van der Waals surface area contributed by atoms with E-state index in [1.54, 1.807) is 36.9 Å². The van der Waals surface area contributed by atoms with Crippen LogP contribution in [0.4, 0.5) is 5.69 Å². The fourth-order valence-electron chi connectivity index (χ4n) is 1.23. The predicted molar refractivity (Wildman–Crippen MR) is 64.0 cm³/mol. The van der Waals surface area contributed by atoms with E-state index in [-0.39, 0.29) is 5.97 Å². The molecule has 0 fully saturated rings. The molecule has 4 heteroatoms. The van der Waals surface area contributed by atoms with Crippen molar-refractivity contribution in [3.8, 4) is 0 Å². The molecule has 1 rings (SSSR count). The van der Waals surface area contributed by atoms with Crippen molar-refractivity contribution in [3.05, 3.63) is 29.3 Å². The highest BCUT2D eigenvalue weighted by atomic mass is 32.2. The number of anilines is 1. The normalized spacial score (nSPS) is 10.0. The number of hydrogen-bond donors (Lipinski definition) is 1. The molecular formula is C11H15NO2S. The fraction of sp³-hybridized carbons (Fsp3) is 0.364. The number of carbonyl (C=O) groups is 1. The van der Waals surface area contributed by atoms with Crippen LogP contribution in [0, 0.1) is 0 Å². The lowest BCUT2D eigenvalue weighted by atomic mass is 10.1. The van der Waals surface area contributed by atoms with Crippen molar-refractivity contribution in [3.63, 3.8) is 0 Å². The van der Waals surface area contributed by atoms with Crippen LogP contribution in [0.2, 0.25) is 0 Å². The highest BCUT2D eigenvalue weighted by Gasteiger charge is 2.08. The Morgan fingerprint density at radius 1 is 1.53 bits per heavy atom. The smallest absolute Gasteiger partial charge is 0.338 e. The zero-order chi connectivity index (χ0) is 11.3. The zero-order valence-corrected chi connectivity index (χ0v) is 9.76. The van der Waals surface area contributed by atoms with Crippen molar-refractivity contribution >= 4 is 23.4 Å². The maximum atomic E-state index is 11.4. The van der Waals surface area contributed by atoms with Crippen LogP contribution in [-0.4, -0.2) is 18.8 Å². The maximum absolute atomic E-state index is 11.4. The first kappa shape index (κ1) is 11.9. The summed E-state index contributed by atoms with van der Waals surface area (Å²) in [5, 5.41) is 0. The molecule has 0 aliphatic rings. The summed E-state index contributed by atoms with van der Waals surface area (Å²) < 4.78 is 4.91. The molecule has 0 heterocycles. The van der Waals surface area contributed by atoms with Crippen LogP contribution in [-0.2, 0) is 10.5 Å². The van der Waals surface area contributed by atoms with Crippen molar-refractivity contribution in [1.29, 1.82) is 0 Å². The fourth-order valence-corrected chi connectivity index (χ4v) is 1.79. The van der Waals surface area contributed by atoms with E-state index in [4.69, 9.17) is 10.5 Å². The van der Waals surface area contributed by atoms with Gasteiger partial charge in [-0.15, -0.1) is 0 Å². The van der Waals surface area contributed by atoms with E-state index in [9.17, 15) is 4.79 Å². The van der Waals surface area contributed by atoms with Gasteiger partial charge in [-0.1, -0.05) is 0 Å². The Bertz CT molecular complexity index is 352. The molecule has 3 nitrogen and oxygen atoms in total. The van der Waals surface area contributed by atoms with Crippen molar-refractivity contribution in [1.82, 2.24) is 0 Å². The summed E-state index contributed by atoms with van der Waals surface area (Å²) in [6, 6.07) is 5.23. The lowest BCUT2D eigenvalue weighted by Crippen LogP contribution is -2.06. The minimum atomic E-state index is -0.292. The summed E-state index contributed by atoms with van der Waals surface area (Å²) >= 11 is 1.67. The number of thioether (sulfide) groups is 1. The minimum absolute atomic E-state index is 0.292. The number of esters is 1. The van der Waals surface area contributed by atoms with Crippen LogP contribution in [0.1, 0.15) is 22.8 Å². The summed E-state index contributed by atoms with van der Waals surface area (Å²) in [7, 11) is 0. The van der Waals surface area contributed by atoms with E-state index < -0.39 is 0 Å². The van der Waals surface area contributed by atoms with Crippen LogP contribution in [0.5, 0.6) is 0 Å². The number of carbonyl (C=O) groups excluding carboxylic acids is 1. The molecular weight excluding hydrogens is 210 g/mol. The molecule has 1 aromatic carbocycles. The van der Waals surface area contributed by atoms with E-state index in [0.29, 0.717) is 12.2 Å². The molecule has 0 spiro atoms. The minimum Gasteiger partial charge on any atom is -0.462 e. The quantitative estimate of drug-likeness (QED) is 0.631. The van der Waals surface area contributed by atoms with Crippen molar-refractivity contribution in [2.45, 2.75) is 12.7 Å². The first-order valence-electron chi connectivity index (χ1n) is 4.73. The van der Waals surface area contributed by atoms with Gasteiger partial charge in [-0.2, -0.15) is 11.8 Å². The Kier molecular flexibility index (Phi) is 4.49. The maximum Gasteiger partial charge on any atom is 0.338 e. The van der Waals surface area contributed by atoms with Gasteiger partial charge in [0.25, 0.3) is 0 Å². The molecule has 0 saturated heterocycles. The Hall–Kier alpha value is -1.16. The van der Waals surface area contributed by atoms with Gasteiger partial charge < -0.3 is 10.5 Å². The number of rotatable bonds is 4. The molecule has 0 atom stereocenters. The summed E-state index contributed by atoms with van der Waals surface area (Å²) in [5.41, 5.74) is 8.05. The number of hydrogen-bond acceptors (Lipinski definition) is 4. The number of nitrogen functional groups attached to an aromatic ring is 1. The van der Waals surface area contributed by atoms with E-state index in [2.05, 4.69) is 0 Å². The summed E-state index contributed by atoms with van der Waals surface area (Å²) in [6.45, 7) is 2.18. The number of benzene rings is 1. The standard InChI is InChI=1S/C11H15NO2S/c1-3-14-11(13)8-4-5-10(12)9(6-8)7-15-2/h4-6H,3,7,12H2,1-2H3. The van der Waals surface area contributed by atoms with E-state index >= 15 is 0 Å². The Balaban J connectivity index is 2.91. The summed E-state index contributed by atoms with van der Waals surface area (Å²) in [6.07, 6.45) is 2.00. The van der Waals surface area contributed by atoms with Crippen LogP contribution >= 0.6 is 11.8 Å². The lowest BCUT2D eigenvalue weighted by Gasteiger charge is -2.07. The van der Waals surface area contributed by atoms with E-state index in [0.717, 1.165) is 17.0 Å². The second kappa shape index (κ2) is 5.66. The molecule has 0 aromatic heterocycles. The number of nitrogens with two attached hydrogens (primary N) is 1. The SMILES string of the molecule is CCOC(=O)c1ccc(N)c(CSC)c1. The molecule has 15 heavy (non-hydrogen) atoms. The molecule has 0 bridgehead atoms. The topological polar surface area (TPSA) is 52.3 Å². The van der Waals surface area contributed by atoms with Crippen molar-refractivity contribution in [2.75, 3.05) is 18.6 Å². The molecule has 0 aliphatic heterocycles. The third kappa shape index (κ3) is 3.16. The highest BCUT2D eigenvalue weighted by molar-refractivity contribution is 7.97. The van der Waals surface area contributed by atoms with Gasteiger partial charge in [0.15, 0.2) is 0 Å². The van der Waals surface area contributed by atoms with Crippen LogP contribution in [0.3, 0.4) is 0 Å². The first-order valence-corrected chi connectivity index (χ1v) is 6.13. The van der Waals surface area contributed by atoms with Gasteiger partial charge in [-0.05, 0) is 36.9 Å². The zero-order valence-electron chi connectivity index (χ0n) is 8.95. The number of ether oxygens (including phenoxy) is 1. The van der Waals surface area contributed by atoms with Crippen LogP contribution in [0.15, 0.2) is 18.2 Å². The summed E-state index contributed by atoms with van der Waals surface area (Å²) in [4.78, 5) is 11.4. The van der Waals surface area contributed by atoms with E-state index in [1.807, 2.05) is 6.26 Å².